The molecular weight excluding hydrogens is 587 g/mol. The molecule has 1 aliphatic heterocycles. The summed E-state index contributed by atoms with van der Waals surface area (Å²) in [5, 5.41) is 14.1. The zero-order valence-electron chi connectivity index (χ0n) is 17.2. The predicted octanol–water partition coefficient (Wildman–Crippen LogP) is 5.09. The Hall–Kier alpha value is -2.11. The van der Waals surface area contributed by atoms with Gasteiger partial charge in [-0.15, -0.1) is 23.8 Å². The molecule has 0 amide bonds. The van der Waals surface area contributed by atoms with E-state index in [0.717, 1.165) is 5.69 Å². The van der Waals surface area contributed by atoms with Crippen LogP contribution in [0.1, 0.15) is 13.8 Å². The van der Waals surface area contributed by atoms with Gasteiger partial charge in [0.15, 0.2) is 5.78 Å². The summed E-state index contributed by atoms with van der Waals surface area (Å²) >= 11 is 1.89. The maximum absolute atomic E-state index is 10.0. The number of benzene rings is 2. The van der Waals surface area contributed by atoms with Crippen LogP contribution in [0.5, 0.6) is 0 Å². The van der Waals surface area contributed by atoms with Crippen molar-refractivity contribution in [2.24, 2.45) is 0 Å². The van der Waals surface area contributed by atoms with Crippen molar-refractivity contribution in [1.29, 1.82) is 0 Å². The van der Waals surface area contributed by atoms with E-state index in [9.17, 15) is 4.79 Å². The molecule has 0 bridgehead atoms. The van der Waals surface area contributed by atoms with Crippen LogP contribution in [-0.4, -0.2) is 23.9 Å². The third kappa shape index (κ3) is 3.81. The van der Waals surface area contributed by atoms with Crippen LogP contribution in [0, 0.1) is 6.07 Å². The zero-order chi connectivity index (χ0) is 20.8. The number of nitrogens with zero attached hydrogens (tertiary/aromatic N) is 1. The van der Waals surface area contributed by atoms with Crippen LogP contribution in [0.25, 0.3) is 31.4 Å². The molecule has 30 heavy (non-hydrogen) atoms. The third-order valence-electron chi connectivity index (χ3n) is 5.26. The number of aliphatic hydroxyl groups excluding tert-OH is 1. The molecule has 1 N–H and O–H groups in total. The number of carbonyl (C=O) groups is 1. The Labute approximate surface area is 194 Å². The summed E-state index contributed by atoms with van der Waals surface area (Å²) in [5.74, 6) is -0.0625. The molecule has 6 heteroatoms. The number of aliphatic hydroxyl groups is 1. The largest absolute Gasteiger partial charge is 0.512 e. The number of hydrogen-bond acceptors (Lipinski definition) is 4. The summed E-state index contributed by atoms with van der Waals surface area (Å²) in [6.07, 6.45) is 3.08. The van der Waals surface area contributed by atoms with E-state index >= 15 is 0 Å². The second-order valence-corrected chi connectivity index (χ2v) is 13.2. The molecule has 0 atom stereocenters. The van der Waals surface area contributed by atoms with Crippen LogP contribution in [-0.2, 0) is 24.9 Å². The van der Waals surface area contributed by atoms with Crippen molar-refractivity contribution in [2.75, 3.05) is 0 Å². The number of fused-ring (bicyclic) bond motifs is 2. The van der Waals surface area contributed by atoms with Crippen molar-refractivity contribution < 1.29 is 30.0 Å². The molecule has 5 rings (SSSR count). The number of carbonyl (C=O) groups excluding carboxylic acids is 1. The fraction of sp³-hybridized carbons (Fsp3) is 0.167. The first-order chi connectivity index (χ1) is 13.8. The minimum Gasteiger partial charge on any atom is -0.512 e. The molecule has 2 aromatic heterocycles. The van der Waals surface area contributed by atoms with E-state index in [0.29, 0.717) is 0 Å². The van der Waals surface area contributed by atoms with Gasteiger partial charge in [-0.1, -0.05) is 47.1 Å². The fourth-order valence-electron chi connectivity index (χ4n) is 4.06. The molecular formula is C24H22IrNO2SSi-. The molecule has 0 unspecified atom stereocenters. The van der Waals surface area contributed by atoms with Gasteiger partial charge in [0.25, 0.3) is 0 Å². The van der Waals surface area contributed by atoms with E-state index in [4.69, 9.17) is 10.1 Å². The SMILES string of the molecule is CC(=O)/C=C(/C)O.C[Si]1(C)c2cccnc2-c2[c-]ccc3sc4cccc1c4c23.[Ir]. The Morgan fingerprint density at radius 1 is 1.07 bits per heavy atom. The second kappa shape index (κ2) is 8.56. The molecule has 2 aromatic carbocycles. The standard InChI is InChI=1S/C19H14NSSi.C5H8O2.Ir/c1-22(2)15-9-4-8-14-18(15)17-12(6-3-7-13(17)21-14)19-16(22)10-5-11-20-19;1-4(6)3-5(2)7;/h3-5,7-11H,1-2H3;3,6H,1-2H3;/q-1;;/b;4-3-;. The smallest absolute Gasteiger partial charge is 0.155 e. The van der Waals surface area contributed by atoms with Crippen LogP contribution in [0.2, 0.25) is 13.1 Å². The number of aromatic nitrogens is 1. The van der Waals surface area contributed by atoms with Crippen molar-refractivity contribution >= 4 is 55.7 Å². The van der Waals surface area contributed by atoms with Crippen LogP contribution in [0.3, 0.4) is 0 Å². The van der Waals surface area contributed by atoms with Crippen LogP contribution >= 0.6 is 11.3 Å². The molecule has 0 fully saturated rings. The van der Waals surface area contributed by atoms with Crippen molar-refractivity contribution in [3.63, 3.8) is 0 Å². The van der Waals surface area contributed by atoms with Crippen LogP contribution in [0.4, 0.5) is 0 Å². The zero-order valence-corrected chi connectivity index (χ0v) is 21.5. The molecule has 0 saturated carbocycles. The molecule has 3 nitrogen and oxygen atoms in total. The van der Waals surface area contributed by atoms with E-state index < -0.39 is 8.07 Å². The number of pyridine rings is 1. The normalized spacial score (nSPS) is 13.8. The minimum absolute atomic E-state index is 0. The van der Waals surface area contributed by atoms with Gasteiger partial charge in [0.05, 0.1) is 5.76 Å². The number of allylic oxidation sites excluding steroid dienone is 2. The molecule has 3 heterocycles. The molecule has 0 spiro atoms. The minimum atomic E-state index is -1.77. The summed E-state index contributed by atoms with van der Waals surface area (Å²) < 4.78 is 2.74. The maximum Gasteiger partial charge on any atom is 0.155 e. The van der Waals surface area contributed by atoms with Crippen LogP contribution < -0.4 is 10.4 Å². The van der Waals surface area contributed by atoms with Crippen molar-refractivity contribution in [2.45, 2.75) is 26.9 Å². The third-order valence-corrected chi connectivity index (χ3v) is 9.89. The van der Waals surface area contributed by atoms with Gasteiger partial charge in [-0.25, -0.2) is 0 Å². The van der Waals surface area contributed by atoms with Crippen molar-refractivity contribution in [3.8, 4) is 11.3 Å². The molecule has 1 aliphatic rings. The molecule has 1 radical (unpaired) electrons. The first kappa shape index (κ1) is 22.6. The Morgan fingerprint density at radius 3 is 2.43 bits per heavy atom. The van der Waals surface area contributed by atoms with E-state index in [1.54, 1.807) is 0 Å². The monoisotopic (exact) mass is 609 g/mol. The van der Waals surface area contributed by atoms with Crippen LogP contribution in [0.15, 0.2) is 60.5 Å². The van der Waals surface area contributed by atoms with E-state index in [1.165, 1.54) is 56.0 Å². The first-order valence-electron chi connectivity index (χ1n) is 9.51. The van der Waals surface area contributed by atoms with Gasteiger partial charge in [0.1, 0.15) is 8.07 Å². The van der Waals surface area contributed by atoms with Gasteiger partial charge < -0.3 is 10.1 Å². The summed E-state index contributed by atoms with van der Waals surface area (Å²) in [6.45, 7) is 7.73. The Kier molecular flexibility index (Phi) is 6.44. The molecule has 0 saturated heterocycles. The molecule has 4 aromatic rings. The topological polar surface area (TPSA) is 50.2 Å². The summed E-state index contributed by atoms with van der Waals surface area (Å²) in [5.41, 5.74) is 2.32. The van der Waals surface area contributed by atoms with Gasteiger partial charge in [0, 0.05) is 37.1 Å². The second-order valence-electron chi connectivity index (χ2n) is 7.79. The van der Waals surface area contributed by atoms with Crippen molar-refractivity contribution in [3.05, 3.63) is 66.6 Å². The maximum atomic E-state index is 10.0. The summed E-state index contributed by atoms with van der Waals surface area (Å²) in [6, 6.07) is 18.9. The molecule has 155 valence electrons. The van der Waals surface area contributed by atoms with Gasteiger partial charge in [-0.2, -0.15) is 11.3 Å². The summed E-state index contributed by atoms with van der Waals surface area (Å²) in [4.78, 5) is 14.8. The summed E-state index contributed by atoms with van der Waals surface area (Å²) in [7, 11) is -1.77. The van der Waals surface area contributed by atoms with Crippen molar-refractivity contribution in [1.82, 2.24) is 4.98 Å². The average molecular weight is 609 g/mol. The van der Waals surface area contributed by atoms with E-state index in [-0.39, 0.29) is 31.6 Å². The van der Waals surface area contributed by atoms with Gasteiger partial charge >= 0.3 is 0 Å². The predicted molar refractivity (Wildman–Crippen MR) is 125 cm³/mol. The number of rotatable bonds is 1. The number of thiophene rings is 1. The van der Waals surface area contributed by atoms with Gasteiger partial charge in [-0.3, -0.25) is 4.79 Å². The first-order valence-corrected chi connectivity index (χ1v) is 13.3. The van der Waals surface area contributed by atoms with E-state index in [1.807, 2.05) is 23.6 Å². The molecule has 0 aliphatic carbocycles. The Bertz CT molecular complexity index is 1290. The van der Waals surface area contributed by atoms with Gasteiger partial charge in [0.2, 0.25) is 0 Å². The number of hydrogen-bond donors (Lipinski definition) is 1. The Morgan fingerprint density at radius 2 is 1.77 bits per heavy atom. The quantitative estimate of drug-likeness (QED) is 0.142. The van der Waals surface area contributed by atoms with E-state index in [2.05, 4.69) is 55.6 Å². The number of ketones is 1. The van der Waals surface area contributed by atoms with Gasteiger partial charge in [-0.05, 0) is 41.8 Å². The Balaban J connectivity index is 0.000000281. The fourth-order valence-corrected chi connectivity index (χ4v) is 8.27. The average Bonchev–Trinajstić information content (AvgIpc) is 3.02.